The Kier molecular flexibility index (Phi) is 3.89. The molecular formula is C15H13FN2O3. The topological polar surface area (TPSA) is 92.4 Å². The minimum atomic E-state index is -1.02. The highest BCUT2D eigenvalue weighted by Gasteiger charge is 2.10. The molecule has 2 rings (SSSR count). The first-order chi connectivity index (χ1) is 9.88. The van der Waals surface area contributed by atoms with Crippen LogP contribution in [-0.4, -0.2) is 17.0 Å². The number of anilines is 2. The van der Waals surface area contributed by atoms with Crippen LogP contribution in [0, 0.1) is 12.7 Å². The number of carboxylic acid groups (broad SMARTS) is 1. The number of benzene rings is 2. The van der Waals surface area contributed by atoms with Crippen molar-refractivity contribution in [3.8, 4) is 0 Å². The lowest BCUT2D eigenvalue weighted by atomic mass is 10.1. The van der Waals surface area contributed by atoms with Crippen LogP contribution >= 0.6 is 0 Å². The zero-order valence-electron chi connectivity index (χ0n) is 11.2. The van der Waals surface area contributed by atoms with E-state index in [4.69, 9.17) is 10.8 Å². The summed E-state index contributed by atoms with van der Waals surface area (Å²) in [7, 11) is 0. The van der Waals surface area contributed by atoms with Gasteiger partial charge in [-0.1, -0.05) is 0 Å². The lowest BCUT2D eigenvalue weighted by Crippen LogP contribution is -2.11. The monoisotopic (exact) mass is 288 g/mol. The summed E-state index contributed by atoms with van der Waals surface area (Å²) in [6.45, 7) is 1.65. The third kappa shape index (κ3) is 3.17. The zero-order valence-corrected chi connectivity index (χ0v) is 11.2. The highest BCUT2D eigenvalue weighted by Crippen LogP contribution is 2.23. The molecule has 5 nitrogen and oxygen atoms in total. The van der Waals surface area contributed by atoms with Gasteiger partial charge in [-0.15, -0.1) is 0 Å². The molecule has 0 radical (unpaired) electrons. The number of halogens is 1. The highest BCUT2D eigenvalue weighted by atomic mass is 19.1. The van der Waals surface area contributed by atoms with Gasteiger partial charge >= 0.3 is 5.97 Å². The molecule has 0 heterocycles. The fourth-order valence-corrected chi connectivity index (χ4v) is 1.91. The smallest absolute Gasteiger partial charge is 0.335 e. The summed E-state index contributed by atoms with van der Waals surface area (Å²) in [6, 6.07) is 8.43. The zero-order chi connectivity index (χ0) is 15.6. The summed E-state index contributed by atoms with van der Waals surface area (Å²) < 4.78 is 13.8. The van der Waals surface area contributed by atoms with Crippen LogP contribution in [0.25, 0.3) is 0 Å². The molecule has 0 saturated carbocycles. The molecule has 0 saturated heterocycles. The van der Waals surface area contributed by atoms with Gasteiger partial charge in [0.25, 0.3) is 0 Å². The number of carboxylic acids is 1. The third-order valence-electron chi connectivity index (χ3n) is 2.99. The van der Waals surface area contributed by atoms with Gasteiger partial charge in [-0.05, 0) is 48.9 Å². The lowest BCUT2D eigenvalue weighted by molar-refractivity contribution is 0.0696. The van der Waals surface area contributed by atoms with Crippen molar-refractivity contribution in [1.82, 2.24) is 0 Å². The summed E-state index contributed by atoms with van der Waals surface area (Å²) in [5, 5.41) is 11.8. The normalized spacial score (nSPS) is 10.2. The molecule has 0 aliphatic carbocycles. The molecule has 0 fully saturated rings. The number of amides is 1. The average Bonchev–Trinajstić information content (AvgIpc) is 2.40. The van der Waals surface area contributed by atoms with Crippen molar-refractivity contribution < 1.29 is 19.1 Å². The van der Waals surface area contributed by atoms with E-state index < -0.39 is 17.7 Å². The van der Waals surface area contributed by atoms with Gasteiger partial charge < -0.3 is 16.2 Å². The standard InChI is InChI=1S/C15H13FN2O3/c1-8-6-10(3-4-11(8)15(20)21)18-13-5-2-9(14(17)19)7-12(13)16/h2-7,18H,1H3,(H2,17,19)(H,20,21). The number of aromatic carboxylic acids is 1. The number of carbonyl (C=O) groups is 2. The molecule has 108 valence electrons. The average molecular weight is 288 g/mol. The van der Waals surface area contributed by atoms with Gasteiger partial charge in [0, 0.05) is 11.3 Å². The first-order valence-corrected chi connectivity index (χ1v) is 6.09. The number of nitrogens with one attached hydrogen (secondary N) is 1. The van der Waals surface area contributed by atoms with Crippen molar-refractivity contribution in [2.24, 2.45) is 5.73 Å². The van der Waals surface area contributed by atoms with Crippen LogP contribution in [0.3, 0.4) is 0 Å². The van der Waals surface area contributed by atoms with Gasteiger partial charge in [-0.2, -0.15) is 0 Å². The van der Waals surface area contributed by atoms with Crippen molar-refractivity contribution in [2.45, 2.75) is 6.92 Å². The molecule has 4 N–H and O–H groups in total. The van der Waals surface area contributed by atoms with Crippen molar-refractivity contribution in [3.63, 3.8) is 0 Å². The summed E-state index contributed by atoms with van der Waals surface area (Å²) in [6.07, 6.45) is 0. The molecule has 0 spiro atoms. The minimum Gasteiger partial charge on any atom is -0.478 e. The Balaban J connectivity index is 2.28. The molecule has 2 aromatic rings. The van der Waals surface area contributed by atoms with E-state index in [0.717, 1.165) is 6.07 Å². The van der Waals surface area contributed by atoms with E-state index in [2.05, 4.69) is 5.32 Å². The number of hydrogen-bond acceptors (Lipinski definition) is 3. The van der Waals surface area contributed by atoms with E-state index in [1.165, 1.54) is 24.3 Å². The fraction of sp³-hybridized carbons (Fsp3) is 0.0667. The van der Waals surface area contributed by atoms with Gasteiger partial charge in [0.1, 0.15) is 5.82 Å². The van der Waals surface area contributed by atoms with Crippen LogP contribution in [0.15, 0.2) is 36.4 Å². The Morgan fingerprint density at radius 1 is 1.19 bits per heavy atom. The van der Waals surface area contributed by atoms with Crippen LogP contribution in [0.5, 0.6) is 0 Å². The Labute approximate surface area is 120 Å². The SMILES string of the molecule is Cc1cc(Nc2ccc(C(N)=O)cc2F)ccc1C(=O)O. The second-order valence-corrected chi connectivity index (χ2v) is 4.52. The van der Waals surface area contributed by atoms with Crippen LogP contribution < -0.4 is 11.1 Å². The highest BCUT2D eigenvalue weighted by molar-refractivity contribution is 5.93. The lowest BCUT2D eigenvalue weighted by Gasteiger charge is -2.10. The molecule has 6 heteroatoms. The molecule has 0 aliphatic heterocycles. The summed E-state index contributed by atoms with van der Waals surface area (Å²) >= 11 is 0. The molecule has 1 amide bonds. The van der Waals surface area contributed by atoms with Crippen LogP contribution in [0.1, 0.15) is 26.3 Å². The Hall–Kier alpha value is -2.89. The summed E-state index contributed by atoms with van der Waals surface area (Å²) in [5.74, 6) is -2.34. The maximum Gasteiger partial charge on any atom is 0.335 e. The summed E-state index contributed by atoms with van der Waals surface area (Å²) in [5.41, 5.74) is 6.60. The number of primary amides is 1. The molecule has 0 bridgehead atoms. The predicted molar refractivity (Wildman–Crippen MR) is 76.3 cm³/mol. The van der Waals surface area contributed by atoms with E-state index in [0.29, 0.717) is 11.3 Å². The number of carbonyl (C=O) groups excluding carboxylic acids is 1. The molecule has 0 aliphatic rings. The Morgan fingerprint density at radius 3 is 2.43 bits per heavy atom. The maximum absolute atomic E-state index is 13.8. The van der Waals surface area contributed by atoms with Crippen molar-refractivity contribution in [1.29, 1.82) is 0 Å². The van der Waals surface area contributed by atoms with Crippen LogP contribution in [0.2, 0.25) is 0 Å². The van der Waals surface area contributed by atoms with Crippen molar-refractivity contribution in [2.75, 3.05) is 5.32 Å². The van der Waals surface area contributed by atoms with Gasteiger partial charge in [-0.3, -0.25) is 4.79 Å². The van der Waals surface area contributed by atoms with E-state index in [1.54, 1.807) is 13.0 Å². The van der Waals surface area contributed by atoms with Crippen molar-refractivity contribution >= 4 is 23.3 Å². The largest absolute Gasteiger partial charge is 0.478 e. The Bertz CT molecular complexity index is 729. The Morgan fingerprint density at radius 2 is 1.90 bits per heavy atom. The number of nitrogens with two attached hydrogens (primary N) is 1. The summed E-state index contributed by atoms with van der Waals surface area (Å²) in [4.78, 5) is 21.9. The molecule has 0 aromatic heterocycles. The van der Waals surface area contributed by atoms with E-state index in [1.807, 2.05) is 0 Å². The number of rotatable bonds is 4. The number of aryl methyl sites for hydroxylation is 1. The quantitative estimate of drug-likeness (QED) is 0.806. The first-order valence-electron chi connectivity index (χ1n) is 6.09. The molecule has 21 heavy (non-hydrogen) atoms. The van der Waals surface area contributed by atoms with Crippen molar-refractivity contribution in [3.05, 3.63) is 58.9 Å². The van der Waals surface area contributed by atoms with Gasteiger partial charge in [0.2, 0.25) is 5.91 Å². The van der Waals surface area contributed by atoms with Crippen LogP contribution in [0.4, 0.5) is 15.8 Å². The predicted octanol–water partition coefficient (Wildman–Crippen LogP) is 2.67. The van der Waals surface area contributed by atoms with Crippen LogP contribution in [-0.2, 0) is 0 Å². The maximum atomic E-state index is 13.8. The molecule has 2 aromatic carbocycles. The second kappa shape index (κ2) is 5.62. The third-order valence-corrected chi connectivity index (χ3v) is 2.99. The van der Waals surface area contributed by atoms with E-state index >= 15 is 0 Å². The minimum absolute atomic E-state index is 0.0791. The first kappa shape index (κ1) is 14.5. The van der Waals surface area contributed by atoms with E-state index in [-0.39, 0.29) is 16.8 Å². The molecular weight excluding hydrogens is 275 g/mol. The van der Waals surface area contributed by atoms with Gasteiger partial charge in [0.05, 0.1) is 11.3 Å². The second-order valence-electron chi connectivity index (χ2n) is 4.52. The van der Waals surface area contributed by atoms with E-state index in [9.17, 15) is 14.0 Å². The fourth-order valence-electron chi connectivity index (χ4n) is 1.91. The molecule has 0 atom stereocenters. The number of hydrogen-bond donors (Lipinski definition) is 3. The molecule has 0 unspecified atom stereocenters. The van der Waals surface area contributed by atoms with Gasteiger partial charge in [0.15, 0.2) is 0 Å². The van der Waals surface area contributed by atoms with Gasteiger partial charge in [-0.25, -0.2) is 9.18 Å².